The van der Waals surface area contributed by atoms with Crippen molar-refractivity contribution in [1.29, 1.82) is 0 Å². The highest BCUT2D eigenvalue weighted by atomic mass is 79.9. The lowest BCUT2D eigenvalue weighted by Gasteiger charge is -2.52. The largest absolute Gasteiger partial charge is 0.0704 e. The smallest absolute Gasteiger partial charge is 0.00362 e. The maximum Gasteiger partial charge on any atom is -0.00362 e. The van der Waals surface area contributed by atoms with E-state index >= 15 is 0 Å². The zero-order valence-electron chi connectivity index (χ0n) is 7.49. The van der Waals surface area contributed by atoms with E-state index in [0.717, 1.165) is 35.5 Å². The van der Waals surface area contributed by atoms with Gasteiger partial charge >= 0.3 is 0 Å². The van der Waals surface area contributed by atoms with Gasteiger partial charge < -0.3 is 0 Å². The number of hydrogen-bond acceptors (Lipinski definition) is 0. The Balaban J connectivity index is 1.86. The molecule has 68 valence electrons. The summed E-state index contributed by atoms with van der Waals surface area (Å²) in [6.45, 7) is 0. The normalized spacial score (nSPS) is 74.4. The molecule has 2 bridgehead atoms. The summed E-state index contributed by atoms with van der Waals surface area (Å²) >= 11 is 3.84. The monoisotopic (exact) mass is 236 g/mol. The number of fused-ring (bicyclic) bond motifs is 2. The molecule has 0 aromatic rings. The van der Waals surface area contributed by atoms with Crippen molar-refractivity contribution in [2.45, 2.75) is 12.8 Å². The number of halogens is 1. The molecule has 0 amide bonds. The Labute approximate surface area is 86.9 Å². The number of rotatable bonds is 0. The van der Waals surface area contributed by atoms with Crippen molar-refractivity contribution in [3.05, 3.63) is 10.6 Å². The molecule has 5 aliphatic carbocycles. The fourth-order valence-corrected chi connectivity index (χ4v) is 7.04. The average Bonchev–Trinajstić information content (AvgIpc) is 2.57. The zero-order valence-corrected chi connectivity index (χ0v) is 9.07. The Morgan fingerprint density at radius 3 is 2.77 bits per heavy atom. The molecule has 0 aromatic heterocycles. The van der Waals surface area contributed by atoms with Crippen molar-refractivity contribution >= 4 is 15.9 Å². The van der Waals surface area contributed by atoms with Crippen LogP contribution < -0.4 is 0 Å². The van der Waals surface area contributed by atoms with Gasteiger partial charge in [-0.15, -0.1) is 0 Å². The van der Waals surface area contributed by atoms with Crippen LogP contribution >= 0.6 is 15.9 Å². The lowest BCUT2D eigenvalue weighted by molar-refractivity contribution is -0.00557. The van der Waals surface area contributed by atoms with Crippen LogP contribution in [0.1, 0.15) is 12.8 Å². The second kappa shape index (κ2) is 1.68. The SMILES string of the molecule is BrC1=CC2C3CC4C5CC(C14)C2C35. The molecular weight excluding hydrogens is 224 g/mol. The minimum Gasteiger partial charge on any atom is -0.0704 e. The van der Waals surface area contributed by atoms with Crippen LogP contribution in [0.15, 0.2) is 10.6 Å². The average molecular weight is 237 g/mol. The van der Waals surface area contributed by atoms with Gasteiger partial charge in [0.05, 0.1) is 0 Å². The van der Waals surface area contributed by atoms with Gasteiger partial charge in [-0.25, -0.2) is 0 Å². The summed E-state index contributed by atoms with van der Waals surface area (Å²) in [6, 6.07) is 0. The Kier molecular flexibility index (Phi) is 0.863. The highest BCUT2D eigenvalue weighted by Crippen LogP contribution is 2.80. The van der Waals surface area contributed by atoms with Gasteiger partial charge in [0, 0.05) is 0 Å². The predicted molar refractivity (Wildman–Crippen MR) is 54.2 cm³/mol. The summed E-state index contributed by atoms with van der Waals surface area (Å²) in [4.78, 5) is 0. The van der Waals surface area contributed by atoms with Crippen molar-refractivity contribution in [3.8, 4) is 0 Å². The Morgan fingerprint density at radius 1 is 1.00 bits per heavy atom. The molecule has 0 aliphatic heterocycles. The van der Waals surface area contributed by atoms with Crippen LogP contribution in [0.4, 0.5) is 0 Å². The standard InChI is InChI=1S/C12H13Br/c13-9-3-7-5-1-4-6-2-8(10(4)9)12(7)11(5)6/h3-8,10-12H,1-2H2. The lowest BCUT2D eigenvalue weighted by Crippen LogP contribution is -2.48. The molecule has 0 N–H and O–H groups in total. The molecule has 0 radical (unpaired) electrons. The lowest BCUT2D eigenvalue weighted by atomic mass is 9.53. The minimum atomic E-state index is 0.981. The molecule has 0 heterocycles. The molecule has 13 heavy (non-hydrogen) atoms. The van der Waals surface area contributed by atoms with Crippen molar-refractivity contribution in [2.75, 3.05) is 0 Å². The van der Waals surface area contributed by atoms with Crippen LogP contribution in [0.5, 0.6) is 0 Å². The second-order valence-corrected chi connectivity index (χ2v) is 6.85. The molecule has 4 fully saturated rings. The van der Waals surface area contributed by atoms with E-state index in [1.807, 2.05) is 0 Å². The van der Waals surface area contributed by atoms with Gasteiger partial charge in [-0.3, -0.25) is 0 Å². The fraction of sp³-hybridized carbons (Fsp3) is 0.833. The molecule has 8 atom stereocenters. The summed E-state index contributed by atoms with van der Waals surface area (Å²) in [7, 11) is 0. The van der Waals surface area contributed by atoms with Gasteiger partial charge in [0.25, 0.3) is 0 Å². The summed E-state index contributed by atoms with van der Waals surface area (Å²) in [5, 5.41) is 0. The van der Waals surface area contributed by atoms with Gasteiger partial charge in [-0.2, -0.15) is 0 Å². The van der Waals surface area contributed by atoms with Crippen LogP contribution in [-0.2, 0) is 0 Å². The Morgan fingerprint density at radius 2 is 1.85 bits per heavy atom. The predicted octanol–water partition coefficient (Wildman–Crippen LogP) is 3.04. The third kappa shape index (κ3) is 0.468. The van der Waals surface area contributed by atoms with Crippen LogP contribution in [0.2, 0.25) is 0 Å². The molecule has 5 aliphatic rings. The molecule has 8 unspecified atom stereocenters. The quantitative estimate of drug-likeness (QED) is 0.607. The maximum atomic E-state index is 3.84. The topological polar surface area (TPSA) is 0 Å². The molecule has 0 spiro atoms. The molecule has 0 saturated heterocycles. The number of hydrogen-bond donors (Lipinski definition) is 0. The van der Waals surface area contributed by atoms with E-state index in [0.29, 0.717) is 0 Å². The minimum absolute atomic E-state index is 0.981. The van der Waals surface area contributed by atoms with Crippen LogP contribution in [0.3, 0.4) is 0 Å². The zero-order chi connectivity index (χ0) is 8.32. The van der Waals surface area contributed by atoms with E-state index in [1.165, 1.54) is 11.8 Å². The van der Waals surface area contributed by atoms with E-state index < -0.39 is 0 Å². The first kappa shape index (κ1) is 6.66. The highest BCUT2D eigenvalue weighted by molar-refractivity contribution is 9.11. The first-order valence-corrected chi connectivity index (χ1v) is 6.53. The summed E-state index contributed by atoms with van der Waals surface area (Å²) in [5.74, 6) is 8.87. The summed E-state index contributed by atoms with van der Waals surface area (Å²) in [6.07, 6.45) is 5.78. The van der Waals surface area contributed by atoms with Gasteiger partial charge in [-0.05, 0) is 64.7 Å². The van der Waals surface area contributed by atoms with Crippen molar-refractivity contribution in [3.63, 3.8) is 0 Å². The third-order valence-electron chi connectivity index (χ3n) is 6.10. The van der Waals surface area contributed by atoms with Crippen LogP contribution in [0.25, 0.3) is 0 Å². The molecule has 0 nitrogen and oxygen atoms in total. The van der Waals surface area contributed by atoms with E-state index in [1.54, 1.807) is 17.3 Å². The molecule has 0 aromatic carbocycles. The van der Waals surface area contributed by atoms with Gasteiger partial charge in [0.15, 0.2) is 0 Å². The molecular formula is C12H13Br. The highest BCUT2D eigenvalue weighted by Gasteiger charge is 2.74. The van der Waals surface area contributed by atoms with E-state index in [9.17, 15) is 0 Å². The first-order valence-electron chi connectivity index (χ1n) is 5.73. The number of allylic oxidation sites excluding steroid dienone is 2. The Hall–Kier alpha value is 0.220. The summed E-state index contributed by atoms with van der Waals surface area (Å²) < 4.78 is 1.60. The first-order chi connectivity index (χ1) is 6.36. The van der Waals surface area contributed by atoms with Gasteiger partial charge in [0.2, 0.25) is 0 Å². The van der Waals surface area contributed by atoms with E-state index in [4.69, 9.17) is 0 Å². The van der Waals surface area contributed by atoms with Crippen molar-refractivity contribution in [1.82, 2.24) is 0 Å². The third-order valence-corrected chi connectivity index (χ3v) is 6.89. The second-order valence-electron chi connectivity index (χ2n) is 5.94. The van der Waals surface area contributed by atoms with Gasteiger partial charge in [-0.1, -0.05) is 22.0 Å². The van der Waals surface area contributed by atoms with Crippen molar-refractivity contribution in [2.24, 2.45) is 47.3 Å². The maximum absolute atomic E-state index is 3.84. The van der Waals surface area contributed by atoms with Crippen LogP contribution in [-0.4, -0.2) is 0 Å². The Bertz CT molecular complexity index is 343. The van der Waals surface area contributed by atoms with Crippen LogP contribution in [0, 0.1) is 47.3 Å². The van der Waals surface area contributed by atoms with E-state index in [-0.39, 0.29) is 0 Å². The van der Waals surface area contributed by atoms with Gasteiger partial charge in [0.1, 0.15) is 0 Å². The molecule has 4 saturated carbocycles. The van der Waals surface area contributed by atoms with Crippen molar-refractivity contribution < 1.29 is 0 Å². The fourth-order valence-electron chi connectivity index (χ4n) is 6.06. The van der Waals surface area contributed by atoms with E-state index in [2.05, 4.69) is 22.0 Å². The molecule has 1 heteroatoms. The molecule has 5 rings (SSSR count). The summed E-state index contributed by atoms with van der Waals surface area (Å²) in [5.41, 5.74) is 0.